The van der Waals surface area contributed by atoms with Gasteiger partial charge in [-0.15, -0.1) is 11.3 Å². The fourth-order valence-electron chi connectivity index (χ4n) is 2.56. The summed E-state index contributed by atoms with van der Waals surface area (Å²) < 4.78 is 0. The van der Waals surface area contributed by atoms with Crippen LogP contribution in [0.3, 0.4) is 0 Å². The molecule has 6 heteroatoms. The Balaban J connectivity index is 1.67. The Labute approximate surface area is 155 Å². The van der Waals surface area contributed by atoms with Crippen molar-refractivity contribution >= 4 is 23.2 Å². The Hall–Kier alpha value is -2.96. The molecule has 0 radical (unpaired) electrons. The summed E-state index contributed by atoms with van der Waals surface area (Å²) in [6, 6.07) is 20.5. The summed E-state index contributed by atoms with van der Waals surface area (Å²) in [6.07, 6.45) is 0. The van der Waals surface area contributed by atoms with Gasteiger partial charge in [-0.1, -0.05) is 42.5 Å². The van der Waals surface area contributed by atoms with Crippen molar-refractivity contribution < 1.29 is 14.8 Å². The minimum Gasteiger partial charge on any atom is -0.345 e. The van der Waals surface area contributed by atoms with Crippen LogP contribution in [0.2, 0.25) is 0 Å². The number of carbonyl (C=O) groups excluding carboxylic acids is 2. The molecule has 0 aliphatic carbocycles. The Morgan fingerprint density at radius 1 is 0.885 bits per heavy atom. The highest BCUT2D eigenvalue weighted by atomic mass is 32.1. The molecule has 0 bridgehead atoms. The van der Waals surface area contributed by atoms with E-state index in [0.717, 1.165) is 16.0 Å². The molecular formula is C20H18N2O3S. The molecule has 2 aromatic carbocycles. The van der Waals surface area contributed by atoms with Gasteiger partial charge in [0, 0.05) is 10.4 Å². The van der Waals surface area contributed by atoms with Crippen molar-refractivity contribution in [3.05, 3.63) is 82.0 Å². The summed E-state index contributed by atoms with van der Waals surface area (Å²) in [6.45, 7) is 1.85. The van der Waals surface area contributed by atoms with Crippen molar-refractivity contribution in [3.8, 4) is 11.1 Å². The maximum absolute atomic E-state index is 12.4. The summed E-state index contributed by atoms with van der Waals surface area (Å²) in [5.41, 5.74) is 4.32. The van der Waals surface area contributed by atoms with E-state index in [1.807, 2.05) is 49.4 Å². The Bertz CT molecular complexity index is 904. The average Bonchev–Trinajstić information content (AvgIpc) is 3.18. The molecule has 2 amide bonds. The van der Waals surface area contributed by atoms with E-state index >= 15 is 0 Å². The summed E-state index contributed by atoms with van der Waals surface area (Å²) in [4.78, 5) is 25.1. The molecule has 1 atom stereocenters. The number of hydrogen-bond donors (Lipinski definition) is 3. The van der Waals surface area contributed by atoms with Crippen LogP contribution in [0.4, 0.5) is 0 Å². The topological polar surface area (TPSA) is 78.4 Å². The van der Waals surface area contributed by atoms with Crippen LogP contribution in [-0.4, -0.2) is 17.0 Å². The summed E-state index contributed by atoms with van der Waals surface area (Å²) in [7, 11) is 0. The maximum atomic E-state index is 12.4. The Morgan fingerprint density at radius 3 is 2.19 bits per heavy atom. The van der Waals surface area contributed by atoms with Gasteiger partial charge in [0.1, 0.15) is 0 Å². The molecule has 3 N–H and O–H groups in total. The number of rotatable bonds is 5. The van der Waals surface area contributed by atoms with Crippen molar-refractivity contribution in [1.29, 1.82) is 0 Å². The van der Waals surface area contributed by atoms with E-state index in [0.29, 0.717) is 10.4 Å². The largest absolute Gasteiger partial charge is 0.345 e. The first-order valence-corrected chi connectivity index (χ1v) is 8.90. The monoisotopic (exact) mass is 366 g/mol. The lowest BCUT2D eigenvalue weighted by Gasteiger charge is -2.12. The van der Waals surface area contributed by atoms with E-state index in [9.17, 15) is 9.59 Å². The van der Waals surface area contributed by atoms with Gasteiger partial charge >= 0.3 is 0 Å². The molecule has 1 heterocycles. The molecule has 0 saturated carbocycles. The molecule has 3 aromatic rings. The van der Waals surface area contributed by atoms with Crippen LogP contribution in [0, 0.1) is 0 Å². The van der Waals surface area contributed by atoms with Crippen LogP contribution in [0.5, 0.6) is 0 Å². The highest BCUT2D eigenvalue weighted by Crippen LogP contribution is 2.24. The molecule has 1 aromatic heterocycles. The predicted octanol–water partition coefficient (Wildman–Crippen LogP) is 4.03. The average molecular weight is 366 g/mol. The van der Waals surface area contributed by atoms with Crippen LogP contribution in [-0.2, 0) is 0 Å². The van der Waals surface area contributed by atoms with Crippen LogP contribution < -0.4 is 10.8 Å². The molecule has 0 saturated heterocycles. The first-order valence-electron chi connectivity index (χ1n) is 8.09. The first kappa shape index (κ1) is 17.8. The fraction of sp³-hybridized carbons (Fsp3) is 0.100. The molecule has 0 aliphatic rings. The number of hydrogen-bond acceptors (Lipinski definition) is 4. The van der Waals surface area contributed by atoms with Gasteiger partial charge in [0.15, 0.2) is 0 Å². The smallest absolute Gasteiger partial charge is 0.284 e. The summed E-state index contributed by atoms with van der Waals surface area (Å²) in [5, 5.41) is 11.6. The molecular weight excluding hydrogens is 348 g/mol. The Morgan fingerprint density at radius 2 is 1.54 bits per heavy atom. The molecule has 0 fully saturated rings. The van der Waals surface area contributed by atoms with E-state index in [2.05, 4.69) is 5.32 Å². The quantitative estimate of drug-likeness (QED) is 0.471. The predicted molar refractivity (Wildman–Crippen MR) is 101 cm³/mol. The summed E-state index contributed by atoms with van der Waals surface area (Å²) >= 11 is 1.22. The van der Waals surface area contributed by atoms with Gasteiger partial charge in [-0.3, -0.25) is 14.8 Å². The number of carbonyl (C=O) groups is 2. The molecule has 3 rings (SSSR count). The molecule has 5 nitrogen and oxygen atoms in total. The number of hydroxylamine groups is 1. The third-order valence-corrected chi connectivity index (χ3v) is 5.25. The van der Waals surface area contributed by atoms with Crippen LogP contribution in [0.15, 0.2) is 66.7 Å². The molecule has 26 heavy (non-hydrogen) atoms. The van der Waals surface area contributed by atoms with E-state index < -0.39 is 5.91 Å². The highest BCUT2D eigenvalue weighted by Gasteiger charge is 2.15. The zero-order valence-electron chi connectivity index (χ0n) is 14.1. The number of nitrogens with one attached hydrogen (secondary N) is 2. The van der Waals surface area contributed by atoms with Crippen LogP contribution in [0.1, 0.15) is 37.9 Å². The minimum absolute atomic E-state index is 0.182. The van der Waals surface area contributed by atoms with E-state index in [4.69, 9.17) is 5.21 Å². The lowest BCUT2D eigenvalue weighted by Crippen LogP contribution is -2.26. The lowest BCUT2D eigenvalue weighted by molar-refractivity contribution is 0.0711. The summed E-state index contributed by atoms with van der Waals surface area (Å²) in [5.74, 6) is -0.741. The van der Waals surface area contributed by atoms with E-state index in [1.165, 1.54) is 11.3 Å². The van der Waals surface area contributed by atoms with Gasteiger partial charge in [0.25, 0.3) is 11.8 Å². The molecule has 0 unspecified atom stereocenters. The van der Waals surface area contributed by atoms with Crippen molar-refractivity contribution in [2.24, 2.45) is 0 Å². The second-order valence-corrected chi connectivity index (χ2v) is 6.90. The van der Waals surface area contributed by atoms with Gasteiger partial charge in [0.05, 0.1) is 10.9 Å². The SMILES string of the molecule is C[C@@H](NC(=O)c1ccc(-c2ccccc2)cc1)c1ccc(C(=O)NO)s1. The molecule has 132 valence electrons. The van der Waals surface area contributed by atoms with Gasteiger partial charge in [-0.05, 0) is 42.3 Å². The first-order chi connectivity index (χ1) is 12.6. The van der Waals surface area contributed by atoms with Crippen molar-refractivity contribution in [2.75, 3.05) is 0 Å². The second kappa shape index (κ2) is 7.95. The van der Waals surface area contributed by atoms with Gasteiger partial charge < -0.3 is 5.32 Å². The number of benzene rings is 2. The Kier molecular flexibility index (Phi) is 5.46. The van der Waals surface area contributed by atoms with Crippen LogP contribution in [0.25, 0.3) is 11.1 Å². The lowest BCUT2D eigenvalue weighted by atomic mass is 10.0. The van der Waals surface area contributed by atoms with Crippen molar-refractivity contribution in [1.82, 2.24) is 10.8 Å². The van der Waals surface area contributed by atoms with Gasteiger partial charge in [0.2, 0.25) is 0 Å². The molecule has 0 aliphatic heterocycles. The normalized spacial score (nSPS) is 11.6. The minimum atomic E-state index is -0.559. The standard InChI is InChI=1S/C20H18N2O3S/c1-13(17-11-12-18(26-17)20(24)22-25)21-19(23)16-9-7-15(8-10-16)14-5-3-2-4-6-14/h2-13,25H,1H3,(H,21,23)(H,22,24)/t13-/m1/s1. The van der Waals surface area contributed by atoms with Crippen molar-refractivity contribution in [3.63, 3.8) is 0 Å². The fourth-order valence-corrected chi connectivity index (χ4v) is 3.46. The van der Waals surface area contributed by atoms with Crippen molar-refractivity contribution in [2.45, 2.75) is 13.0 Å². The van der Waals surface area contributed by atoms with E-state index in [1.54, 1.807) is 29.7 Å². The zero-order valence-corrected chi connectivity index (χ0v) is 14.9. The number of thiophene rings is 1. The maximum Gasteiger partial charge on any atom is 0.284 e. The van der Waals surface area contributed by atoms with Crippen LogP contribution >= 0.6 is 11.3 Å². The van der Waals surface area contributed by atoms with E-state index in [-0.39, 0.29) is 11.9 Å². The number of amides is 2. The highest BCUT2D eigenvalue weighted by molar-refractivity contribution is 7.14. The third kappa shape index (κ3) is 3.99. The van der Waals surface area contributed by atoms with Gasteiger partial charge in [-0.2, -0.15) is 0 Å². The zero-order chi connectivity index (χ0) is 18.5. The third-order valence-electron chi connectivity index (χ3n) is 3.98. The second-order valence-electron chi connectivity index (χ2n) is 5.78. The van der Waals surface area contributed by atoms with Gasteiger partial charge in [-0.25, -0.2) is 5.48 Å². The molecule has 0 spiro atoms.